The number of benzene rings is 2. The van der Waals surface area contributed by atoms with Gasteiger partial charge in [0.05, 0.1) is 18.3 Å². The zero-order valence-corrected chi connectivity index (χ0v) is 26.9. The van der Waals surface area contributed by atoms with Crippen LogP contribution in [0, 0.1) is 0 Å². The smallest absolute Gasteiger partial charge is 0.304 e. The number of nitrogens with zero attached hydrogens (tertiary/aromatic N) is 3. The van der Waals surface area contributed by atoms with Crippen molar-refractivity contribution in [2.75, 3.05) is 40.3 Å². The normalized spacial score (nSPS) is 17.5. The first kappa shape index (κ1) is 32.2. The number of hydrogen-bond donors (Lipinski definition) is 2. The molecule has 0 saturated heterocycles. The number of likely N-dealkylation sites (N-methyl/N-ethyl adjacent to an activating group) is 2. The van der Waals surface area contributed by atoms with E-state index in [1.165, 1.54) is 37.4 Å². The number of rotatable bonds is 11. The Kier molecular flexibility index (Phi) is 10.1. The lowest BCUT2D eigenvalue weighted by atomic mass is 9.81. The van der Waals surface area contributed by atoms with E-state index in [1.54, 1.807) is 6.07 Å². The van der Waals surface area contributed by atoms with Crippen molar-refractivity contribution in [3.8, 4) is 17.0 Å². The third-order valence-electron chi connectivity index (χ3n) is 9.13. The van der Waals surface area contributed by atoms with Gasteiger partial charge >= 0.3 is 10.2 Å². The Labute approximate surface area is 260 Å². The predicted octanol–water partition coefficient (Wildman–Crippen LogP) is 4.07. The summed E-state index contributed by atoms with van der Waals surface area (Å²) in [5.41, 5.74) is 11.8. The highest BCUT2D eigenvalue weighted by Crippen LogP contribution is 2.48. The Bertz CT molecular complexity index is 1610. The van der Waals surface area contributed by atoms with Gasteiger partial charge in [-0.05, 0) is 61.6 Å². The molecule has 3 N–H and O–H groups in total. The van der Waals surface area contributed by atoms with E-state index in [-0.39, 0.29) is 18.2 Å². The van der Waals surface area contributed by atoms with E-state index in [0.29, 0.717) is 38.4 Å². The van der Waals surface area contributed by atoms with Crippen molar-refractivity contribution >= 4 is 33.3 Å². The second-order valence-electron chi connectivity index (χ2n) is 12.1. The molecular formula is C33H45N5O5S. The monoisotopic (exact) mass is 623 g/mol. The summed E-state index contributed by atoms with van der Waals surface area (Å²) in [6, 6.07) is 11.9. The minimum Gasteiger partial charge on any atom is -0.491 e. The molecule has 1 aromatic heterocycles. The fourth-order valence-electron chi connectivity index (χ4n) is 6.76. The summed E-state index contributed by atoms with van der Waals surface area (Å²) in [6.45, 7) is 4.17. The van der Waals surface area contributed by atoms with Gasteiger partial charge in [-0.3, -0.25) is 9.69 Å². The quantitative estimate of drug-likeness (QED) is 0.309. The van der Waals surface area contributed by atoms with Crippen LogP contribution in [0.25, 0.3) is 22.2 Å². The van der Waals surface area contributed by atoms with Crippen molar-refractivity contribution < 1.29 is 22.7 Å². The molecule has 44 heavy (non-hydrogen) atoms. The molecule has 2 aliphatic rings. The van der Waals surface area contributed by atoms with E-state index >= 15 is 0 Å². The molecule has 1 fully saturated rings. The number of nitrogens with two attached hydrogens (primary N) is 1. The zero-order valence-electron chi connectivity index (χ0n) is 26.0. The van der Waals surface area contributed by atoms with E-state index in [2.05, 4.69) is 46.4 Å². The fraction of sp³-hybridized carbons (Fsp3) is 0.515. The van der Waals surface area contributed by atoms with Crippen LogP contribution in [0.5, 0.6) is 5.75 Å². The molecule has 0 spiro atoms. The number of fused-ring (bicyclic) bond motifs is 5. The van der Waals surface area contributed by atoms with Gasteiger partial charge in [-0.25, -0.2) is 4.72 Å². The summed E-state index contributed by atoms with van der Waals surface area (Å²) in [7, 11) is -0.861. The number of aromatic nitrogens is 1. The van der Waals surface area contributed by atoms with Gasteiger partial charge in [-0.15, -0.1) is 0 Å². The first-order valence-corrected chi connectivity index (χ1v) is 17.2. The summed E-state index contributed by atoms with van der Waals surface area (Å²) in [4.78, 5) is 26.5. The lowest BCUT2D eigenvalue weighted by molar-refractivity contribution is -0.107. The van der Waals surface area contributed by atoms with Crippen LogP contribution in [-0.4, -0.2) is 80.8 Å². The van der Waals surface area contributed by atoms with Gasteiger partial charge in [0.1, 0.15) is 18.6 Å². The maximum Gasteiger partial charge on any atom is 0.304 e. The SMILES string of the molecule is CCCc1cccc2c1OC[C@H](N(C)CCN)Cn1c-2c(C2CCCCC2)c2ccc(C(=O)NS(=O)(=O)N(C)CC=O)cc21. The molecule has 0 radical (unpaired) electrons. The van der Waals surface area contributed by atoms with Gasteiger partial charge in [0.25, 0.3) is 5.91 Å². The molecule has 2 aromatic carbocycles. The van der Waals surface area contributed by atoms with Gasteiger partial charge in [0.2, 0.25) is 0 Å². The number of nitrogens with one attached hydrogen (secondary N) is 1. The zero-order chi connectivity index (χ0) is 31.4. The molecule has 0 unspecified atom stereocenters. The van der Waals surface area contributed by atoms with Crippen LogP contribution in [0.1, 0.15) is 72.9 Å². The Hall–Kier alpha value is -3.25. The van der Waals surface area contributed by atoms with Gasteiger partial charge < -0.3 is 19.8 Å². The van der Waals surface area contributed by atoms with E-state index < -0.39 is 16.1 Å². The third kappa shape index (κ3) is 6.42. The number of aldehydes is 1. The lowest BCUT2D eigenvalue weighted by Gasteiger charge is -2.33. The van der Waals surface area contributed by atoms with Crippen molar-refractivity contribution in [2.24, 2.45) is 5.73 Å². The average Bonchev–Trinajstić information content (AvgIpc) is 3.31. The van der Waals surface area contributed by atoms with Gasteiger partial charge in [0, 0.05) is 48.7 Å². The molecule has 3 aromatic rings. The van der Waals surface area contributed by atoms with Crippen LogP contribution in [0.4, 0.5) is 0 Å². The number of para-hydroxylation sites is 1. The molecule has 10 nitrogen and oxygen atoms in total. The Balaban J connectivity index is 1.73. The summed E-state index contributed by atoms with van der Waals surface area (Å²) in [6.07, 6.45) is 8.14. The van der Waals surface area contributed by atoms with Crippen molar-refractivity contribution in [3.63, 3.8) is 0 Å². The molecular weight excluding hydrogens is 578 g/mol. The summed E-state index contributed by atoms with van der Waals surface area (Å²) >= 11 is 0. The molecule has 0 bridgehead atoms. The predicted molar refractivity (Wildman–Crippen MR) is 173 cm³/mol. The van der Waals surface area contributed by atoms with E-state index in [9.17, 15) is 18.0 Å². The van der Waals surface area contributed by atoms with E-state index in [0.717, 1.165) is 57.9 Å². The van der Waals surface area contributed by atoms with Gasteiger partial charge in [0.15, 0.2) is 0 Å². The van der Waals surface area contributed by atoms with Crippen molar-refractivity contribution in [3.05, 3.63) is 53.1 Å². The molecule has 11 heteroatoms. The Morgan fingerprint density at radius 3 is 2.64 bits per heavy atom. The molecule has 1 amide bonds. The number of amides is 1. The molecule has 5 rings (SSSR count). The van der Waals surface area contributed by atoms with Crippen LogP contribution in [-0.2, 0) is 28.0 Å². The summed E-state index contributed by atoms with van der Waals surface area (Å²) in [5, 5.41) is 1.08. The van der Waals surface area contributed by atoms with E-state index in [1.807, 2.05) is 12.1 Å². The van der Waals surface area contributed by atoms with Crippen molar-refractivity contribution in [1.82, 2.24) is 18.5 Å². The maximum atomic E-state index is 13.3. The molecule has 1 aliphatic heterocycles. The highest BCUT2D eigenvalue weighted by molar-refractivity contribution is 7.87. The Morgan fingerprint density at radius 1 is 1.16 bits per heavy atom. The molecule has 2 heterocycles. The average molecular weight is 624 g/mol. The number of carbonyl (C=O) groups is 2. The maximum absolute atomic E-state index is 13.3. The van der Waals surface area contributed by atoms with Crippen LogP contribution in [0.15, 0.2) is 36.4 Å². The highest BCUT2D eigenvalue weighted by Gasteiger charge is 2.32. The highest BCUT2D eigenvalue weighted by atomic mass is 32.2. The van der Waals surface area contributed by atoms with Crippen molar-refractivity contribution in [2.45, 2.75) is 70.4 Å². The fourth-order valence-corrected chi connectivity index (χ4v) is 7.53. The standard InChI is InChI=1S/C33H45N5O5S/c1-4-9-24-12-8-13-28-31-30(23-10-6-5-7-11-23)27-15-14-25(33(40)35-44(41,42)37(3)18-19-39)20-29(27)38(31)21-26(22-43-32(24)28)36(2)17-16-34/h8,12-15,19-20,23,26H,4-7,9-11,16-18,21-22,34H2,1-3H3,(H,35,40)/t26-/m1/s1. The number of ether oxygens (including phenoxy) is 1. The largest absolute Gasteiger partial charge is 0.491 e. The number of aryl methyl sites for hydroxylation is 1. The second-order valence-corrected chi connectivity index (χ2v) is 13.9. The third-order valence-corrected chi connectivity index (χ3v) is 10.5. The van der Waals surface area contributed by atoms with Crippen LogP contribution in [0.3, 0.4) is 0 Å². The summed E-state index contributed by atoms with van der Waals surface area (Å²) in [5.74, 6) is 0.543. The molecule has 1 aliphatic carbocycles. The lowest BCUT2D eigenvalue weighted by Crippen LogP contribution is -2.43. The van der Waals surface area contributed by atoms with Gasteiger partial charge in [-0.2, -0.15) is 12.7 Å². The number of carbonyl (C=O) groups excluding carboxylic acids is 2. The van der Waals surface area contributed by atoms with Crippen LogP contribution >= 0.6 is 0 Å². The minimum absolute atomic E-state index is 0.0183. The number of hydrogen-bond acceptors (Lipinski definition) is 7. The topological polar surface area (TPSA) is 127 Å². The first-order chi connectivity index (χ1) is 21.2. The molecule has 1 saturated carbocycles. The second kappa shape index (κ2) is 13.8. The summed E-state index contributed by atoms with van der Waals surface area (Å²) < 4.78 is 37.4. The Morgan fingerprint density at radius 2 is 1.93 bits per heavy atom. The van der Waals surface area contributed by atoms with Gasteiger partial charge in [-0.1, -0.05) is 50.8 Å². The van der Waals surface area contributed by atoms with Crippen molar-refractivity contribution in [1.29, 1.82) is 0 Å². The molecule has 1 atom stereocenters. The minimum atomic E-state index is -4.18. The molecule has 238 valence electrons. The van der Waals surface area contributed by atoms with Crippen LogP contribution in [0.2, 0.25) is 0 Å². The first-order valence-electron chi connectivity index (χ1n) is 15.7. The van der Waals surface area contributed by atoms with E-state index in [4.69, 9.17) is 10.5 Å². The van der Waals surface area contributed by atoms with Crippen LogP contribution < -0.4 is 15.2 Å².